The molecule has 1 N–H and O–H groups in total. The molecule has 176 valence electrons. The van der Waals surface area contributed by atoms with E-state index in [0.717, 1.165) is 0 Å². The van der Waals surface area contributed by atoms with E-state index >= 15 is 0 Å². The van der Waals surface area contributed by atoms with Crippen molar-refractivity contribution in [1.29, 1.82) is 0 Å². The molecule has 0 saturated carbocycles. The van der Waals surface area contributed by atoms with Crippen molar-refractivity contribution in [2.75, 3.05) is 5.32 Å². The maximum absolute atomic E-state index is 13.3. The van der Waals surface area contributed by atoms with Crippen molar-refractivity contribution in [1.82, 2.24) is 0 Å². The highest BCUT2D eigenvalue weighted by atomic mass is 35.5. The minimum Gasteiger partial charge on any atom is -0.423 e. The summed E-state index contributed by atoms with van der Waals surface area (Å²) in [4.78, 5) is 38.8. The summed E-state index contributed by atoms with van der Waals surface area (Å²) in [6.07, 6.45) is 0. The summed E-state index contributed by atoms with van der Waals surface area (Å²) in [5.74, 6) is -0.956. The lowest BCUT2D eigenvalue weighted by Crippen LogP contribution is -2.22. The van der Waals surface area contributed by atoms with Gasteiger partial charge in [-0.15, -0.1) is 0 Å². The number of fused-ring (bicyclic) bond motifs is 1. The molecule has 0 saturated heterocycles. The average molecular weight is 496 g/mol. The van der Waals surface area contributed by atoms with Crippen molar-refractivity contribution in [3.8, 4) is 16.9 Å². The first-order chi connectivity index (χ1) is 17.5. The van der Waals surface area contributed by atoms with Gasteiger partial charge in [0.2, 0.25) is 0 Å². The van der Waals surface area contributed by atoms with Gasteiger partial charge < -0.3 is 14.5 Å². The van der Waals surface area contributed by atoms with E-state index < -0.39 is 17.5 Å². The largest absolute Gasteiger partial charge is 0.423 e. The molecule has 7 heteroatoms. The number of nitrogens with one attached hydrogen (secondary N) is 1. The van der Waals surface area contributed by atoms with Crippen molar-refractivity contribution in [3.63, 3.8) is 0 Å². The van der Waals surface area contributed by atoms with Crippen LogP contribution in [0.15, 0.2) is 112 Å². The molecular weight excluding hydrogens is 478 g/mol. The predicted molar refractivity (Wildman–Crippen MR) is 139 cm³/mol. The van der Waals surface area contributed by atoms with E-state index in [1.807, 2.05) is 18.2 Å². The van der Waals surface area contributed by atoms with Crippen molar-refractivity contribution < 1.29 is 18.7 Å². The van der Waals surface area contributed by atoms with Gasteiger partial charge in [-0.3, -0.25) is 4.79 Å². The number of carbonyl (C=O) groups is 2. The van der Waals surface area contributed by atoms with Gasteiger partial charge in [0.25, 0.3) is 5.91 Å². The van der Waals surface area contributed by atoms with Crippen LogP contribution in [-0.2, 0) is 0 Å². The number of hydrogen-bond donors (Lipinski definition) is 1. The number of hydrogen-bond acceptors (Lipinski definition) is 5. The summed E-state index contributed by atoms with van der Waals surface area (Å²) in [5.41, 5.74) is 1.15. The lowest BCUT2D eigenvalue weighted by atomic mass is 9.96. The van der Waals surface area contributed by atoms with Gasteiger partial charge in [0.05, 0.1) is 5.56 Å². The van der Waals surface area contributed by atoms with Crippen molar-refractivity contribution >= 4 is 40.1 Å². The Kier molecular flexibility index (Phi) is 6.34. The Labute approximate surface area is 210 Å². The van der Waals surface area contributed by atoms with Gasteiger partial charge in [-0.25, -0.2) is 9.59 Å². The highest BCUT2D eigenvalue weighted by molar-refractivity contribution is 6.30. The summed E-state index contributed by atoms with van der Waals surface area (Å²) < 4.78 is 11.0. The van der Waals surface area contributed by atoms with Gasteiger partial charge in [-0.1, -0.05) is 60.1 Å². The number of ether oxygens (including phenoxy) is 1. The van der Waals surface area contributed by atoms with Gasteiger partial charge in [0.1, 0.15) is 16.9 Å². The quantitative estimate of drug-likeness (QED) is 0.169. The predicted octanol–water partition coefficient (Wildman–Crippen LogP) is 6.58. The van der Waals surface area contributed by atoms with Crippen LogP contribution >= 0.6 is 11.6 Å². The van der Waals surface area contributed by atoms with Crippen LogP contribution in [0.2, 0.25) is 5.02 Å². The van der Waals surface area contributed by atoms with Crippen LogP contribution in [0.3, 0.4) is 0 Å². The fraction of sp³-hybridized carbons (Fsp3) is 0. The number of carbonyl (C=O) groups excluding carboxylic acids is 2. The molecule has 4 aromatic carbocycles. The lowest BCUT2D eigenvalue weighted by Gasteiger charge is -2.13. The zero-order valence-corrected chi connectivity index (χ0v) is 19.5. The van der Waals surface area contributed by atoms with Gasteiger partial charge in [-0.05, 0) is 54.1 Å². The number of halogens is 1. The van der Waals surface area contributed by atoms with E-state index in [9.17, 15) is 14.4 Å². The molecule has 0 radical (unpaired) electrons. The SMILES string of the molecule is O=C(Oc1ccc2c(-c3ccccc3)c(C(=O)Nc3ccc(Cl)cc3)c(=O)oc2c1)c1ccccc1. The molecular formula is C29H18ClNO5. The third-order valence-electron chi connectivity index (χ3n) is 5.49. The second-order valence-electron chi connectivity index (χ2n) is 7.88. The second kappa shape index (κ2) is 9.90. The standard InChI is InChI=1S/C29H18ClNO5/c30-20-11-13-21(14-12-20)31-27(32)26-25(18-7-3-1-4-8-18)23-16-15-22(17-24(23)36-29(26)34)35-28(33)19-9-5-2-6-10-19/h1-17H,(H,31,32). The summed E-state index contributed by atoms with van der Waals surface area (Å²) in [5, 5.41) is 3.77. The highest BCUT2D eigenvalue weighted by Gasteiger charge is 2.23. The van der Waals surface area contributed by atoms with E-state index in [1.54, 1.807) is 78.9 Å². The molecule has 0 unspecified atom stereocenters. The Morgan fingerprint density at radius 1 is 0.806 bits per heavy atom. The molecule has 5 aromatic rings. The van der Waals surface area contributed by atoms with Crippen LogP contribution < -0.4 is 15.7 Å². The third-order valence-corrected chi connectivity index (χ3v) is 5.74. The molecule has 5 rings (SSSR count). The molecule has 0 atom stereocenters. The van der Waals surface area contributed by atoms with E-state index in [-0.39, 0.29) is 16.9 Å². The topological polar surface area (TPSA) is 85.6 Å². The molecule has 1 aromatic heterocycles. The normalized spacial score (nSPS) is 10.7. The molecule has 0 spiro atoms. The van der Waals surface area contributed by atoms with Crippen molar-refractivity contribution in [2.45, 2.75) is 0 Å². The summed E-state index contributed by atoms with van der Waals surface area (Å²) in [6, 6.07) is 28.9. The zero-order valence-electron chi connectivity index (χ0n) is 18.7. The third kappa shape index (κ3) is 4.76. The number of esters is 1. The maximum Gasteiger partial charge on any atom is 0.349 e. The van der Waals surface area contributed by atoms with E-state index in [2.05, 4.69) is 5.32 Å². The fourth-order valence-corrected chi connectivity index (χ4v) is 3.95. The number of anilines is 1. The number of rotatable bonds is 5. The van der Waals surface area contributed by atoms with E-state index in [4.69, 9.17) is 20.8 Å². The zero-order chi connectivity index (χ0) is 25.1. The Bertz CT molecular complexity index is 1630. The van der Waals surface area contributed by atoms with Gasteiger partial charge in [-0.2, -0.15) is 0 Å². The average Bonchev–Trinajstić information content (AvgIpc) is 2.90. The highest BCUT2D eigenvalue weighted by Crippen LogP contribution is 2.33. The van der Waals surface area contributed by atoms with E-state index in [0.29, 0.717) is 32.8 Å². The molecule has 0 aliphatic heterocycles. The Balaban J connectivity index is 1.59. The minimum atomic E-state index is -0.820. The first kappa shape index (κ1) is 23.1. The Morgan fingerprint density at radius 2 is 1.47 bits per heavy atom. The van der Waals surface area contributed by atoms with Crippen LogP contribution in [0.1, 0.15) is 20.7 Å². The van der Waals surface area contributed by atoms with Crippen molar-refractivity contribution in [2.24, 2.45) is 0 Å². The Morgan fingerprint density at radius 3 is 2.17 bits per heavy atom. The maximum atomic E-state index is 13.3. The number of benzene rings is 4. The molecule has 0 fully saturated rings. The molecule has 36 heavy (non-hydrogen) atoms. The molecule has 1 amide bonds. The molecule has 0 aliphatic rings. The summed E-state index contributed by atoms with van der Waals surface area (Å²) in [6.45, 7) is 0. The van der Waals surface area contributed by atoms with Crippen molar-refractivity contribution in [3.05, 3.63) is 130 Å². The summed E-state index contributed by atoms with van der Waals surface area (Å²) >= 11 is 5.93. The second-order valence-corrected chi connectivity index (χ2v) is 8.32. The molecule has 0 bridgehead atoms. The molecule has 6 nitrogen and oxygen atoms in total. The molecule has 0 aliphatic carbocycles. The van der Waals surface area contributed by atoms with Gasteiger partial charge >= 0.3 is 11.6 Å². The smallest absolute Gasteiger partial charge is 0.349 e. The van der Waals surface area contributed by atoms with Gasteiger partial charge in [0.15, 0.2) is 0 Å². The van der Waals surface area contributed by atoms with Crippen LogP contribution in [0, 0.1) is 0 Å². The first-order valence-corrected chi connectivity index (χ1v) is 11.4. The van der Waals surface area contributed by atoms with Crippen LogP contribution in [0.4, 0.5) is 5.69 Å². The van der Waals surface area contributed by atoms with Crippen LogP contribution in [0.5, 0.6) is 5.75 Å². The monoisotopic (exact) mass is 495 g/mol. The molecule has 1 heterocycles. The van der Waals surface area contributed by atoms with Gasteiger partial charge in [0, 0.05) is 27.7 Å². The first-order valence-electron chi connectivity index (χ1n) is 11.0. The summed E-state index contributed by atoms with van der Waals surface area (Å²) in [7, 11) is 0. The van der Waals surface area contributed by atoms with Crippen LogP contribution in [-0.4, -0.2) is 11.9 Å². The Hall–Kier alpha value is -4.68. The number of amides is 1. The lowest BCUT2D eigenvalue weighted by molar-refractivity contribution is 0.0734. The van der Waals surface area contributed by atoms with E-state index in [1.165, 1.54) is 6.07 Å². The fourth-order valence-electron chi connectivity index (χ4n) is 3.82. The minimum absolute atomic E-state index is 0.141. The van der Waals surface area contributed by atoms with Crippen LogP contribution in [0.25, 0.3) is 22.1 Å².